The van der Waals surface area contributed by atoms with E-state index in [1.807, 2.05) is 6.92 Å². The topological polar surface area (TPSA) is 42.0 Å². The number of carbonyl (C=O) groups excluding carboxylic acids is 1. The Morgan fingerprint density at radius 3 is 3.00 bits per heavy atom. The molecule has 1 saturated carbocycles. The van der Waals surface area contributed by atoms with Crippen molar-refractivity contribution in [1.82, 2.24) is 4.98 Å². The summed E-state index contributed by atoms with van der Waals surface area (Å²) in [6.45, 7) is 1.95. The van der Waals surface area contributed by atoms with Gasteiger partial charge in [-0.3, -0.25) is 4.79 Å². The van der Waals surface area contributed by atoms with Gasteiger partial charge in [0.15, 0.2) is 5.82 Å². The van der Waals surface area contributed by atoms with Crippen LogP contribution in [-0.4, -0.2) is 10.9 Å². The van der Waals surface area contributed by atoms with E-state index in [-0.39, 0.29) is 11.8 Å². The number of nitrogens with zero attached hydrogens (tertiary/aromatic N) is 1. The molecule has 0 saturated heterocycles. The summed E-state index contributed by atoms with van der Waals surface area (Å²) >= 11 is 5.89. The number of rotatable bonds is 3. The van der Waals surface area contributed by atoms with Gasteiger partial charge < -0.3 is 5.32 Å². The second-order valence-corrected chi connectivity index (χ2v) is 4.36. The van der Waals surface area contributed by atoms with Crippen LogP contribution in [0.1, 0.15) is 19.8 Å². The van der Waals surface area contributed by atoms with E-state index in [9.17, 15) is 4.79 Å². The maximum atomic E-state index is 11.7. The molecule has 80 valence electrons. The van der Waals surface area contributed by atoms with Crippen molar-refractivity contribution in [3.8, 4) is 0 Å². The molecule has 3 nitrogen and oxygen atoms in total. The van der Waals surface area contributed by atoms with Crippen molar-refractivity contribution >= 4 is 23.3 Å². The number of hydrogen-bond donors (Lipinski definition) is 1. The average Bonchev–Trinajstić information content (AvgIpc) is 3.04. The third kappa shape index (κ3) is 2.48. The first kappa shape index (κ1) is 10.4. The molecule has 2 rings (SSSR count). The molecule has 0 radical (unpaired) electrons. The first-order chi connectivity index (χ1) is 7.18. The Bertz CT molecular complexity index is 377. The minimum atomic E-state index is 0.0121. The number of carbonyl (C=O) groups is 1. The third-order valence-corrected chi connectivity index (χ3v) is 3.05. The largest absolute Gasteiger partial charge is 0.309 e. The fraction of sp³-hybridized carbons (Fsp3) is 0.455. The number of hydrogen-bond acceptors (Lipinski definition) is 2. The summed E-state index contributed by atoms with van der Waals surface area (Å²) in [7, 11) is 0. The lowest BCUT2D eigenvalue weighted by Crippen LogP contribution is -2.22. The van der Waals surface area contributed by atoms with Crippen molar-refractivity contribution in [1.29, 1.82) is 0 Å². The van der Waals surface area contributed by atoms with Gasteiger partial charge in [-0.25, -0.2) is 4.98 Å². The first-order valence-corrected chi connectivity index (χ1v) is 5.47. The molecule has 1 amide bonds. The van der Waals surface area contributed by atoms with Crippen molar-refractivity contribution in [3.63, 3.8) is 0 Å². The van der Waals surface area contributed by atoms with Crippen LogP contribution in [0.3, 0.4) is 0 Å². The van der Waals surface area contributed by atoms with Gasteiger partial charge in [-0.1, -0.05) is 18.5 Å². The Balaban J connectivity index is 2.02. The van der Waals surface area contributed by atoms with E-state index in [1.54, 1.807) is 18.3 Å². The highest BCUT2D eigenvalue weighted by molar-refractivity contribution is 6.33. The number of aromatic nitrogens is 1. The molecule has 15 heavy (non-hydrogen) atoms. The predicted molar refractivity (Wildman–Crippen MR) is 59.8 cm³/mol. The zero-order chi connectivity index (χ0) is 10.8. The summed E-state index contributed by atoms with van der Waals surface area (Å²) in [5.41, 5.74) is 0. The van der Waals surface area contributed by atoms with Gasteiger partial charge in [0.1, 0.15) is 0 Å². The van der Waals surface area contributed by atoms with Crippen molar-refractivity contribution in [2.75, 3.05) is 5.32 Å². The van der Waals surface area contributed by atoms with Gasteiger partial charge in [-0.2, -0.15) is 0 Å². The molecule has 1 heterocycles. The van der Waals surface area contributed by atoms with Gasteiger partial charge in [0.25, 0.3) is 0 Å². The molecular weight excluding hydrogens is 212 g/mol. The highest BCUT2D eigenvalue weighted by atomic mass is 35.5. The van der Waals surface area contributed by atoms with Crippen LogP contribution in [0, 0.1) is 11.8 Å². The van der Waals surface area contributed by atoms with Crippen molar-refractivity contribution in [2.45, 2.75) is 19.8 Å². The standard InChI is InChI=1S/C11H13ClN2O/c1-7(8-4-5-8)11(15)14-10-9(12)3-2-6-13-10/h2-3,6-8H,4-5H2,1H3,(H,13,14,15). The normalized spacial score (nSPS) is 17.2. The summed E-state index contributed by atoms with van der Waals surface area (Å²) < 4.78 is 0. The number of halogens is 1. The Hall–Kier alpha value is -1.09. The molecule has 0 bridgehead atoms. The maximum absolute atomic E-state index is 11.7. The monoisotopic (exact) mass is 224 g/mol. The van der Waals surface area contributed by atoms with E-state index in [0.717, 1.165) is 12.8 Å². The van der Waals surface area contributed by atoms with E-state index in [0.29, 0.717) is 16.8 Å². The number of nitrogens with one attached hydrogen (secondary N) is 1. The van der Waals surface area contributed by atoms with Gasteiger partial charge in [0.05, 0.1) is 5.02 Å². The van der Waals surface area contributed by atoms with Gasteiger partial charge >= 0.3 is 0 Å². The second kappa shape index (κ2) is 4.19. The first-order valence-electron chi connectivity index (χ1n) is 5.10. The molecule has 1 aliphatic carbocycles. The van der Waals surface area contributed by atoms with Crippen molar-refractivity contribution < 1.29 is 4.79 Å². The summed E-state index contributed by atoms with van der Waals surface area (Å²) in [5.74, 6) is 1.07. The molecule has 1 fully saturated rings. The van der Waals surface area contributed by atoms with E-state index in [1.165, 1.54) is 0 Å². The molecule has 1 aromatic rings. The predicted octanol–water partition coefficient (Wildman–Crippen LogP) is 2.72. The summed E-state index contributed by atoms with van der Waals surface area (Å²) in [4.78, 5) is 15.8. The van der Waals surface area contributed by atoms with Crippen LogP contribution in [-0.2, 0) is 4.79 Å². The molecule has 4 heteroatoms. The Kier molecular flexibility index (Phi) is 2.91. The quantitative estimate of drug-likeness (QED) is 0.858. The molecule has 1 N–H and O–H groups in total. The Labute approximate surface area is 93.8 Å². The van der Waals surface area contributed by atoms with E-state index < -0.39 is 0 Å². The Morgan fingerprint density at radius 2 is 2.40 bits per heavy atom. The fourth-order valence-corrected chi connectivity index (χ4v) is 1.69. The number of pyridine rings is 1. The van der Waals surface area contributed by atoms with Crippen LogP contribution in [0.4, 0.5) is 5.82 Å². The molecule has 1 unspecified atom stereocenters. The van der Waals surface area contributed by atoms with Crippen molar-refractivity contribution in [2.24, 2.45) is 11.8 Å². The van der Waals surface area contributed by atoms with Gasteiger partial charge in [0.2, 0.25) is 5.91 Å². The lowest BCUT2D eigenvalue weighted by Gasteiger charge is -2.10. The molecule has 0 spiro atoms. The van der Waals surface area contributed by atoms with Gasteiger partial charge in [-0.15, -0.1) is 0 Å². The summed E-state index contributed by atoms with van der Waals surface area (Å²) in [6, 6.07) is 3.45. The smallest absolute Gasteiger partial charge is 0.228 e. The zero-order valence-electron chi connectivity index (χ0n) is 8.53. The molecule has 0 aliphatic heterocycles. The fourth-order valence-electron chi connectivity index (χ4n) is 1.52. The van der Waals surface area contributed by atoms with Crippen LogP contribution in [0.15, 0.2) is 18.3 Å². The lowest BCUT2D eigenvalue weighted by molar-refractivity contribution is -0.119. The Morgan fingerprint density at radius 1 is 1.67 bits per heavy atom. The molecule has 0 aromatic carbocycles. The highest BCUT2D eigenvalue weighted by Crippen LogP contribution is 2.37. The highest BCUT2D eigenvalue weighted by Gasteiger charge is 2.32. The maximum Gasteiger partial charge on any atom is 0.228 e. The van der Waals surface area contributed by atoms with Crippen LogP contribution in [0.25, 0.3) is 0 Å². The van der Waals surface area contributed by atoms with Crippen LogP contribution >= 0.6 is 11.6 Å². The lowest BCUT2D eigenvalue weighted by atomic mass is 10.1. The second-order valence-electron chi connectivity index (χ2n) is 3.95. The minimum absolute atomic E-state index is 0.0121. The van der Waals surface area contributed by atoms with Crippen LogP contribution in [0.2, 0.25) is 5.02 Å². The molecule has 1 aliphatic rings. The van der Waals surface area contributed by atoms with E-state index >= 15 is 0 Å². The van der Waals surface area contributed by atoms with Gasteiger partial charge in [0, 0.05) is 12.1 Å². The average molecular weight is 225 g/mol. The summed E-state index contributed by atoms with van der Waals surface area (Å²) in [5, 5.41) is 3.23. The third-order valence-electron chi connectivity index (χ3n) is 2.74. The minimum Gasteiger partial charge on any atom is -0.309 e. The van der Waals surface area contributed by atoms with Crippen LogP contribution in [0.5, 0.6) is 0 Å². The molecule has 1 atom stereocenters. The van der Waals surface area contributed by atoms with E-state index in [2.05, 4.69) is 10.3 Å². The molecular formula is C11H13ClN2O. The molecule has 1 aromatic heterocycles. The van der Waals surface area contributed by atoms with Crippen LogP contribution < -0.4 is 5.32 Å². The van der Waals surface area contributed by atoms with Crippen molar-refractivity contribution in [3.05, 3.63) is 23.4 Å². The SMILES string of the molecule is CC(C(=O)Nc1ncccc1Cl)C1CC1. The zero-order valence-corrected chi connectivity index (χ0v) is 9.29. The van der Waals surface area contributed by atoms with Gasteiger partial charge in [-0.05, 0) is 30.9 Å². The number of amides is 1. The number of anilines is 1. The summed E-state index contributed by atoms with van der Waals surface area (Å²) in [6.07, 6.45) is 3.93. The van der Waals surface area contributed by atoms with E-state index in [4.69, 9.17) is 11.6 Å².